The summed E-state index contributed by atoms with van der Waals surface area (Å²) in [7, 11) is -14.6. The second-order valence-corrected chi connectivity index (χ2v) is 37.9. The van der Waals surface area contributed by atoms with Crippen molar-refractivity contribution in [3.05, 3.63) is 0 Å². The van der Waals surface area contributed by atoms with Crippen molar-refractivity contribution in [3.8, 4) is 0 Å². The van der Waals surface area contributed by atoms with E-state index in [2.05, 4.69) is 0 Å². The highest BCUT2D eigenvalue weighted by Crippen LogP contribution is 2.54. The molecule has 0 aliphatic rings. The molecule has 14 heteroatoms. The standard InChI is InChI=1S/C20H51O8PSi5/c1-30(2,3)24-16-18(21)20(26-32(7,8)9)19(25-31(4,5)6)17-23-29(22,27-33(10,11)12)28-34(13,14)15/h19-20H,16-17H2,1-15H3/t19-,20+/m1/s1. The van der Waals surface area contributed by atoms with Gasteiger partial charge in [0.1, 0.15) is 12.2 Å². The van der Waals surface area contributed by atoms with E-state index in [4.69, 9.17) is 26.2 Å². The quantitative estimate of drug-likeness (QED) is 0.145. The Bertz CT molecular complexity index is 682. The van der Waals surface area contributed by atoms with E-state index in [1.165, 1.54) is 0 Å². The number of hydrogen-bond donors (Lipinski definition) is 0. The van der Waals surface area contributed by atoms with Gasteiger partial charge in [0.15, 0.2) is 47.4 Å². The van der Waals surface area contributed by atoms with E-state index in [0.717, 1.165) is 0 Å². The number of rotatable bonds is 16. The van der Waals surface area contributed by atoms with E-state index in [1.807, 2.05) is 98.2 Å². The highest BCUT2D eigenvalue weighted by molar-refractivity contribution is 7.52. The van der Waals surface area contributed by atoms with Crippen LogP contribution >= 0.6 is 7.82 Å². The predicted molar refractivity (Wildman–Crippen MR) is 153 cm³/mol. The Morgan fingerprint density at radius 1 is 0.647 bits per heavy atom. The lowest BCUT2D eigenvalue weighted by molar-refractivity contribution is -0.134. The van der Waals surface area contributed by atoms with Crippen LogP contribution < -0.4 is 0 Å². The van der Waals surface area contributed by atoms with Crippen LogP contribution in [0.2, 0.25) is 98.2 Å². The van der Waals surface area contributed by atoms with Crippen molar-refractivity contribution in [2.45, 2.75) is 110 Å². The molecule has 0 bridgehead atoms. The van der Waals surface area contributed by atoms with Crippen LogP contribution in [0.3, 0.4) is 0 Å². The van der Waals surface area contributed by atoms with Gasteiger partial charge in [0.25, 0.3) is 0 Å². The maximum Gasteiger partial charge on any atom is 0.455 e. The van der Waals surface area contributed by atoms with Crippen molar-refractivity contribution in [1.82, 2.24) is 0 Å². The molecule has 34 heavy (non-hydrogen) atoms. The number of Topliss-reactive ketones (excluding diaryl/α,β-unsaturated/α-hetero) is 1. The van der Waals surface area contributed by atoms with Crippen LogP contribution in [0, 0.1) is 0 Å². The third kappa shape index (κ3) is 18.1. The Morgan fingerprint density at radius 3 is 1.38 bits per heavy atom. The van der Waals surface area contributed by atoms with Gasteiger partial charge in [-0.05, 0) is 98.2 Å². The van der Waals surface area contributed by atoms with E-state index in [1.54, 1.807) is 0 Å². The summed E-state index contributed by atoms with van der Waals surface area (Å²) in [6.45, 7) is 29.7. The first kappa shape index (κ1) is 34.7. The third-order valence-corrected chi connectivity index (χ3v) is 13.1. The second-order valence-electron chi connectivity index (χ2n) is 13.4. The van der Waals surface area contributed by atoms with Gasteiger partial charge in [-0.15, -0.1) is 0 Å². The largest absolute Gasteiger partial charge is 0.455 e. The first-order chi connectivity index (χ1) is 14.7. The average molecular weight is 591 g/mol. The van der Waals surface area contributed by atoms with Crippen LogP contribution in [0.15, 0.2) is 0 Å². The molecule has 0 saturated carbocycles. The zero-order valence-corrected chi connectivity index (χ0v) is 30.2. The molecular weight excluding hydrogens is 540 g/mol. The number of phosphoric acid groups is 1. The molecule has 0 aromatic carbocycles. The summed E-state index contributed by atoms with van der Waals surface area (Å²) in [5.74, 6) is -0.191. The van der Waals surface area contributed by atoms with Gasteiger partial charge in [-0.25, -0.2) is 4.57 Å². The Kier molecular flexibility index (Phi) is 12.8. The lowest BCUT2D eigenvalue weighted by Crippen LogP contribution is -2.51. The maximum absolute atomic E-state index is 13.7. The SMILES string of the molecule is C[Si](C)(C)OCC(=O)[C@H](O[Si](C)(C)C)[C@@H](COP(=O)(O[Si](C)(C)C)O[Si](C)(C)C)O[Si](C)(C)C. The number of carbonyl (C=O) groups excluding carboxylic acids is 1. The molecule has 0 aliphatic carbocycles. The predicted octanol–water partition coefficient (Wildman–Crippen LogP) is 6.67. The minimum atomic E-state index is -3.87. The fraction of sp³-hybridized carbons (Fsp3) is 0.950. The fourth-order valence-corrected chi connectivity index (χ4v) is 12.0. The molecule has 0 spiro atoms. The topological polar surface area (TPSA) is 89.5 Å². The van der Waals surface area contributed by atoms with Gasteiger partial charge in [0, 0.05) is 0 Å². The summed E-state index contributed by atoms with van der Waals surface area (Å²) in [5.41, 5.74) is 0. The van der Waals surface area contributed by atoms with Crippen LogP contribution in [-0.4, -0.2) is 72.8 Å². The molecule has 0 saturated heterocycles. The molecule has 0 aliphatic heterocycles. The van der Waals surface area contributed by atoms with Gasteiger partial charge in [-0.1, -0.05) is 0 Å². The highest BCUT2D eigenvalue weighted by atomic mass is 31.2. The molecule has 0 N–H and O–H groups in total. The van der Waals surface area contributed by atoms with E-state index in [9.17, 15) is 9.36 Å². The second kappa shape index (κ2) is 12.5. The summed E-state index contributed by atoms with van der Waals surface area (Å²) in [6.07, 6.45) is -1.64. The summed E-state index contributed by atoms with van der Waals surface area (Å²) in [5, 5.41) is 0. The molecule has 0 aromatic heterocycles. The Hall–Kier alpha value is 0.744. The van der Waals surface area contributed by atoms with Crippen molar-refractivity contribution in [1.29, 1.82) is 0 Å². The van der Waals surface area contributed by atoms with Gasteiger partial charge in [0.2, 0.25) is 0 Å². The van der Waals surface area contributed by atoms with Crippen LogP contribution in [0.4, 0.5) is 0 Å². The molecule has 0 heterocycles. The highest BCUT2D eigenvalue weighted by Gasteiger charge is 2.42. The number of carbonyl (C=O) groups is 1. The van der Waals surface area contributed by atoms with Crippen LogP contribution in [0.25, 0.3) is 0 Å². The lowest BCUT2D eigenvalue weighted by Gasteiger charge is -2.37. The summed E-state index contributed by atoms with van der Waals surface area (Å²) in [6, 6.07) is 0. The van der Waals surface area contributed by atoms with E-state index < -0.39 is 61.6 Å². The van der Waals surface area contributed by atoms with Gasteiger partial charge < -0.3 is 21.7 Å². The molecule has 0 amide bonds. The third-order valence-electron chi connectivity index (χ3n) is 3.46. The fourth-order valence-electron chi connectivity index (χ4n) is 2.64. The van der Waals surface area contributed by atoms with Gasteiger partial charge in [-0.3, -0.25) is 9.32 Å². The molecule has 0 unspecified atom stereocenters. The maximum atomic E-state index is 13.7. The van der Waals surface area contributed by atoms with Crippen molar-refractivity contribution in [3.63, 3.8) is 0 Å². The minimum Gasteiger partial charge on any atom is -0.410 e. The zero-order valence-electron chi connectivity index (χ0n) is 24.3. The number of ketones is 1. The monoisotopic (exact) mass is 590 g/mol. The Balaban J connectivity index is 6.09. The van der Waals surface area contributed by atoms with Crippen molar-refractivity contribution in [2.24, 2.45) is 0 Å². The molecule has 0 rings (SSSR count). The molecule has 0 radical (unpaired) electrons. The Labute approximate surface area is 214 Å². The van der Waals surface area contributed by atoms with Gasteiger partial charge in [-0.2, -0.15) is 0 Å². The van der Waals surface area contributed by atoms with Crippen LogP contribution in [0.5, 0.6) is 0 Å². The minimum absolute atomic E-state index is 0.0507. The molecule has 8 nitrogen and oxygen atoms in total. The molecule has 2 atom stereocenters. The summed E-state index contributed by atoms with van der Waals surface area (Å²) < 4.78 is 50.0. The number of hydrogen-bond acceptors (Lipinski definition) is 8. The molecule has 204 valence electrons. The van der Waals surface area contributed by atoms with E-state index in [-0.39, 0.29) is 19.0 Å². The smallest absolute Gasteiger partial charge is 0.410 e. The van der Waals surface area contributed by atoms with Gasteiger partial charge >= 0.3 is 7.82 Å². The molecule has 0 aromatic rings. The van der Waals surface area contributed by atoms with Crippen molar-refractivity contribution >= 4 is 55.2 Å². The summed E-state index contributed by atoms with van der Waals surface area (Å²) in [4.78, 5) is 13.3. The van der Waals surface area contributed by atoms with E-state index >= 15 is 0 Å². The van der Waals surface area contributed by atoms with Crippen LogP contribution in [0.1, 0.15) is 0 Å². The normalized spacial score (nSPS) is 16.4. The van der Waals surface area contributed by atoms with Crippen molar-refractivity contribution in [2.75, 3.05) is 13.2 Å². The molecular formula is C20H51O8PSi5. The van der Waals surface area contributed by atoms with Gasteiger partial charge in [0.05, 0.1) is 13.2 Å². The molecule has 0 fully saturated rings. The summed E-state index contributed by atoms with van der Waals surface area (Å²) >= 11 is 0. The lowest BCUT2D eigenvalue weighted by atomic mass is 10.1. The van der Waals surface area contributed by atoms with E-state index in [0.29, 0.717) is 0 Å². The van der Waals surface area contributed by atoms with Crippen molar-refractivity contribution < 1.29 is 35.6 Å². The van der Waals surface area contributed by atoms with Crippen LogP contribution in [-0.2, 0) is 35.6 Å². The zero-order chi connectivity index (χ0) is 27.4. The first-order valence-electron chi connectivity index (χ1n) is 11.9. The average Bonchev–Trinajstić information content (AvgIpc) is 2.48. The first-order valence-corrected chi connectivity index (χ1v) is 30.4. The Morgan fingerprint density at radius 2 is 1.06 bits per heavy atom.